The summed E-state index contributed by atoms with van der Waals surface area (Å²) in [7, 11) is 2.18. The molecular weight excluding hydrogens is 597 g/mol. The monoisotopic (exact) mass is 628 g/mol. The minimum Gasteiger partial charge on any atom is -0.334 e. The highest BCUT2D eigenvalue weighted by atomic mass is 15.3. The maximum absolute atomic E-state index is 5.58. The van der Waals surface area contributed by atoms with Crippen LogP contribution in [0, 0.1) is 0 Å². The number of allylic oxidation sites excluding steroid dienone is 2. The van der Waals surface area contributed by atoms with Crippen LogP contribution >= 0.6 is 0 Å². The summed E-state index contributed by atoms with van der Waals surface area (Å²) in [6.07, 6.45) is 6.92. The molecule has 1 unspecified atom stereocenters. The van der Waals surface area contributed by atoms with Crippen molar-refractivity contribution in [2.75, 3.05) is 7.05 Å². The van der Waals surface area contributed by atoms with E-state index in [2.05, 4.69) is 191 Å². The number of likely N-dealkylation sites (N-methyl/N-ethyl adjacent to an activating group) is 1. The van der Waals surface area contributed by atoms with Crippen molar-refractivity contribution in [3.8, 4) is 5.69 Å². The Balaban J connectivity index is 1.28. The Morgan fingerprint density at radius 1 is 0.510 bits per heavy atom. The Bertz CT molecular complexity index is 2710. The number of hydrogen-bond acceptors (Lipinski definition) is 2. The molecule has 1 atom stereocenters. The van der Waals surface area contributed by atoms with Crippen molar-refractivity contribution in [3.05, 3.63) is 187 Å². The van der Waals surface area contributed by atoms with E-state index in [9.17, 15) is 0 Å². The number of hydrogen-bond donors (Lipinski definition) is 0. The van der Waals surface area contributed by atoms with Crippen molar-refractivity contribution < 1.29 is 0 Å². The maximum atomic E-state index is 5.58. The molecule has 0 fully saturated rings. The van der Waals surface area contributed by atoms with E-state index in [-0.39, 0.29) is 6.04 Å². The molecule has 10 rings (SSSR count). The van der Waals surface area contributed by atoms with E-state index in [1.807, 2.05) is 0 Å². The molecule has 0 radical (unpaired) electrons. The number of aliphatic imine (C=N–C) groups is 1. The van der Waals surface area contributed by atoms with E-state index < -0.39 is 0 Å². The smallest absolute Gasteiger partial charge is 0.211 e. The van der Waals surface area contributed by atoms with E-state index in [1.165, 1.54) is 49.3 Å². The van der Waals surface area contributed by atoms with Gasteiger partial charge in [-0.25, -0.2) is 4.99 Å². The fraction of sp³-hybridized carbons (Fsp3) is 0.0444. The van der Waals surface area contributed by atoms with E-state index in [4.69, 9.17) is 4.99 Å². The van der Waals surface area contributed by atoms with Crippen molar-refractivity contribution in [1.29, 1.82) is 0 Å². The molecule has 4 nitrogen and oxygen atoms in total. The van der Waals surface area contributed by atoms with Gasteiger partial charge in [-0.1, -0.05) is 127 Å². The number of para-hydroxylation sites is 3. The first-order valence-corrected chi connectivity index (χ1v) is 16.8. The molecular formula is C45H32N4. The summed E-state index contributed by atoms with van der Waals surface area (Å²) >= 11 is 0. The molecule has 232 valence electrons. The lowest BCUT2D eigenvalue weighted by Gasteiger charge is -2.37. The second-order valence-electron chi connectivity index (χ2n) is 12.9. The fourth-order valence-electron chi connectivity index (χ4n) is 7.95. The molecule has 0 amide bonds. The van der Waals surface area contributed by atoms with Gasteiger partial charge in [-0.05, 0) is 53.6 Å². The van der Waals surface area contributed by atoms with Crippen LogP contribution in [0.15, 0.2) is 180 Å². The highest BCUT2D eigenvalue weighted by Gasteiger charge is 2.32. The largest absolute Gasteiger partial charge is 0.334 e. The zero-order valence-electron chi connectivity index (χ0n) is 27.0. The first-order chi connectivity index (χ1) is 24.3. The molecule has 4 heteroatoms. The predicted molar refractivity (Wildman–Crippen MR) is 205 cm³/mol. The normalized spacial score (nSPS) is 16.1. The second-order valence-corrected chi connectivity index (χ2v) is 12.9. The van der Waals surface area contributed by atoms with Crippen LogP contribution in [-0.2, 0) is 0 Å². The second kappa shape index (κ2) is 10.8. The maximum Gasteiger partial charge on any atom is 0.211 e. The number of nitrogens with zero attached hydrogens (tertiary/aromatic N) is 4. The lowest BCUT2D eigenvalue weighted by atomic mass is 9.89. The van der Waals surface area contributed by atoms with Crippen molar-refractivity contribution in [3.63, 3.8) is 0 Å². The van der Waals surface area contributed by atoms with Crippen molar-refractivity contribution in [1.82, 2.24) is 14.0 Å². The van der Waals surface area contributed by atoms with E-state index in [1.54, 1.807) is 0 Å². The zero-order valence-corrected chi connectivity index (χ0v) is 27.0. The van der Waals surface area contributed by atoms with Crippen LogP contribution in [0.4, 0.5) is 0 Å². The predicted octanol–water partition coefficient (Wildman–Crippen LogP) is 10.5. The Hall–Kier alpha value is -6.39. The third-order valence-corrected chi connectivity index (χ3v) is 10.1. The molecule has 49 heavy (non-hydrogen) atoms. The lowest BCUT2D eigenvalue weighted by molar-refractivity contribution is 0.455. The molecule has 3 heterocycles. The zero-order chi connectivity index (χ0) is 32.5. The van der Waals surface area contributed by atoms with Gasteiger partial charge in [0.15, 0.2) is 0 Å². The third-order valence-electron chi connectivity index (χ3n) is 10.1. The topological polar surface area (TPSA) is 25.5 Å². The Kier molecular flexibility index (Phi) is 6.12. The SMILES string of the molecule is CN1C(n2c3ccccc3c3c4c5ccccc5n(-c5ccccc5)c4ccc32)=NC(c2ccccc2)=C2C=C(c3ccccc3)C=CC21. The number of benzene rings is 6. The average molecular weight is 629 g/mol. The lowest BCUT2D eigenvalue weighted by Crippen LogP contribution is -2.43. The molecule has 0 saturated carbocycles. The van der Waals surface area contributed by atoms with Crippen LogP contribution in [0.2, 0.25) is 0 Å². The summed E-state index contributed by atoms with van der Waals surface area (Å²) in [5.41, 5.74) is 11.6. The molecule has 2 aliphatic rings. The van der Waals surface area contributed by atoms with Gasteiger partial charge in [0.25, 0.3) is 0 Å². The summed E-state index contributed by atoms with van der Waals surface area (Å²) in [5, 5.41) is 4.97. The molecule has 0 bridgehead atoms. The minimum atomic E-state index is 0.0232. The molecule has 0 saturated heterocycles. The molecule has 2 aromatic heterocycles. The molecule has 0 N–H and O–H groups in total. The van der Waals surface area contributed by atoms with E-state index >= 15 is 0 Å². The third kappa shape index (κ3) is 4.14. The Morgan fingerprint density at radius 2 is 1.04 bits per heavy atom. The van der Waals surface area contributed by atoms with Gasteiger partial charge in [-0.15, -0.1) is 0 Å². The number of aromatic nitrogens is 2. The summed E-state index contributed by atoms with van der Waals surface area (Å²) in [6, 6.07) is 54.1. The molecule has 1 aliphatic carbocycles. The van der Waals surface area contributed by atoms with Gasteiger partial charge in [0.2, 0.25) is 5.96 Å². The summed E-state index contributed by atoms with van der Waals surface area (Å²) in [4.78, 5) is 7.92. The number of rotatable bonds is 3. The van der Waals surface area contributed by atoms with Gasteiger partial charge in [0.05, 0.1) is 33.8 Å². The Labute approximate surface area is 284 Å². The number of fused-ring (bicyclic) bond motifs is 8. The highest BCUT2D eigenvalue weighted by Crippen LogP contribution is 2.43. The van der Waals surface area contributed by atoms with Gasteiger partial charge >= 0.3 is 0 Å². The molecule has 8 aromatic rings. The summed E-state index contributed by atoms with van der Waals surface area (Å²) in [5.74, 6) is 0.908. The Morgan fingerprint density at radius 3 is 1.69 bits per heavy atom. The van der Waals surface area contributed by atoms with Gasteiger partial charge in [-0.3, -0.25) is 4.57 Å². The van der Waals surface area contributed by atoms with Crippen molar-refractivity contribution in [2.24, 2.45) is 4.99 Å². The summed E-state index contributed by atoms with van der Waals surface area (Å²) in [6.45, 7) is 0. The van der Waals surface area contributed by atoms with E-state index in [0.717, 1.165) is 33.9 Å². The molecule has 6 aromatic carbocycles. The first kappa shape index (κ1) is 27.7. The van der Waals surface area contributed by atoms with Gasteiger partial charge < -0.3 is 9.47 Å². The highest BCUT2D eigenvalue weighted by molar-refractivity contribution is 6.30. The van der Waals surface area contributed by atoms with Gasteiger partial charge in [-0.2, -0.15) is 0 Å². The van der Waals surface area contributed by atoms with E-state index in [0.29, 0.717) is 0 Å². The average Bonchev–Trinajstić information content (AvgIpc) is 3.69. The summed E-state index contributed by atoms with van der Waals surface area (Å²) < 4.78 is 4.77. The van der Waals surface area contributed by atoms with Crippen LogP contribution < -0.4 is 0 Å². The van der Waals surface area contributed by atoms with Crippen molar-refractivity contribution >= 4 is 60.8 Å². The molecule has 1 aliphatic heterocycles. The minimum absolute atomic E-state index is 0.0232. The van der Waals surface area contributed by atoms with Crippen LogP contribution in [0.1, 0.15) is 11.1 Å². The quantitative estimate of drug-likeness (QED) is 0.191. The van der Waals surface area contributed by atoms with Crippen LogP contribution in [0.25, 0.3) is 60.6 Å². The molecule has 0 spiro atoms. The van der Waals surface area contributed by atoms with Crippen molar-refractivity contribution in [2.45, 2.75) is 6.04 Å². The van der Waals surface area contributed by atoms with Crippen LogP contribution in [0.3, 0.4) is 0 Å². The van der Waals surface area contributed by atoms with Gasteiger partial charge in [0, 0.05) is 45.4 Å². The first-order valence-electron chi connectivity index (χ1n) is 16.8. The van der Waals surface area contributed by atoms with Crippen LogP contribution in [-0.4, -0.2) is 33.1 Å². The van der Waals surface area contributed by atoms with Crippen LogP contribution in [0.5, 0.6) is 0 Å². The fourth-order valence-corrected chi connectivity index (χ4v) is 7.95. The van der Waals surface area contributed by atoms with Gasteiger partial charge in [0.1, 0.15) is 0 Å². The standard InChI is InChI=1S/C45H32N4/c1-47-37-26-25-32(30-15-5-2-6-16-30)29-36(37)44(31-17-7-3-8-18-31)46-45(47)49-39-24-14-12-22-35(39)43-41(49)28-27-40-42(43)34-21-11-13-23-38(34)48(40)33-19-9-4-10-20-33/h2-29,37H,1H3.